The second-order valence-corrected chi connectivity index (χ2v) is 6.56. The second-order valence-electron chi connectivity index (χ2n) is 6.56. The van der Waals surface area contributed by atoms with Crippen LogP contribution >= 0.6 is 0 Å². The Hall–Kier alpha value is -2.91. The van der Waals surface area contributed by atoms with Crippen LogP contribution in [-0.2, 0) is 11.3 Å². The molecular formula is C18H19N5O4. The number of benzene rings is 1. The summed E-state index contributed by atoms with van der Waals surface area (Å²) in [6, 6.07) is 5.84. The molecule has 4 heterocycles. The Bertz CT molecular complexity index is 976. The average molecular weight is 369 g/mol. The van der Waals surface area contributed by atoms with Crippen molar-refractivity contribution in [3.8, 4) is 11.5 Å². The molecule has 2 N–H and O–H groups in total. The molecule has 0 radical (unpaired) electrons. The highest BCUT2D eigenvalue weighted by Gasteiger charge is 2.27. The molecule has 2 aliphatic heterocycles. The summed E-state index contributed by atoms with van der Waals surface area (Å²) in [5.74, 6) is 2.18. The van der Waals surface area contributed by atoms with Crippen molar-refractivity contribution in [1.29, 1.82) is 0 Å². The maximum absolute atomic E-state index is 9.27. The average Bonchev–Trinajstić information content (AvgIpc) is 3.43. The number of aliphatic hydroxyl groups is 1. The highest BCUT2D eigenvalue weighted by Crippen LogP contribution is 2.33. The van der Waals surface area contributed by atoms with Crippen molar-refractivity contribution in [2.45, 2.75) is 31.7 Å². The predicted octanol–water partition coefficient (Wildman–Crippen LogP) is 1.84. The summed E-state index contributed by atoms with van der Waals surface area (Å²) >= 11 is 0. The van der Waals surface area contributed by atoms with Gasteiger partial charge in [0, 0.05) is 6.54 Å². The van der Waals surface area contributed by atoms with E-state index >= 15 is 0 Å². The standard InChI is InChI=1S/C18H19N5O4/c24-7-12-2-4-15(27-12)23-9-22-16-17(20-8-21-18(16)23)19-6-11-1-3-13-14(5-11)26-10-25-13/h1,3,5,8-9,12,15,24H,2,4,6-7,10H2,(H,19,20,21)/t12?,15-/m1/s1. The third-order valence-corrected chi connectivity index (χ3v) is 4.85. The van der Waals surface area contributed by atoms with Gasteiger partial charge in [-0.05, 0) is 30.5 Å². The first-order chi connectivity index (χ1) is 13.3. The van der Waals surface area contributed by atoms with E-state index < -0.39 is 0 Å². The van der Waals surface area contributed by atoms with Gasteiger partial charge in [-0.25, -0.2) is 15.0 Å². The second kappa shape index (κ2) is 6.67. The number of fused-ring (bicyclic) bond motifs is 2. The van der Waals surface area contributed by atoms with Gasteiger partial charge in [-0.3, -0.25) is 4.57 Å². The fraction of sp³-hybridized carbons (Fsp3) is 0.389. The third-order valence-electron chi connectivity index (χ3n) is 4.85. The number of ether oxygens (including phenoxy) is 3. The molecule has 9 heteroatoms. The van der Waals surface area contributed by atoms with E-state index in [-0.39, 0.29) is 25.7 Å². The molecule has 9 nitrogen and oxygen atoms in total. The van der Waals surface area contributed by atoms with Crippen molar-refractivity contribution in [1.82, 2.24) is 19.5 Å². The van der Waals surface area contributed by atoms with Crippen LogP contribution in [0, 0.1) is 0 Å². The normalized spacial score (nSPS) is 21.1. The Morgan fingerprint density at radius 3 is 2.96 bits per heavy atom. The molecule has 1 unspecified atom stereocenters. The lowest BCUT2D eigenvalue weighted by molar-refractivity contribution is -0.0207. The molecule has 0 saturated carbocycles. The smallest absolute Gasteiger partial charge is 0.231 e. The fourth-order valence-corrected chi connectivity index (χ4v) is 3.45. The van der Waals surface area contributed by atoms with E-state index in [1.165, 1.54) is 6.33 Å². The lowest BCUT2D eigenvalue weighted by Gasteiger charge is -2.14. The van der Waals surface area contributed by atoms with Crippen molar-refractivity contribution in [2.75, 3.05) is 18.7 Å². The van der Waals surface area contributed by atoms with E-state index in [2.05, 4.69) is 20.3 Å². The van der Waals surface area contributed by atoms with Crippen LogP contribution < -0.4 is 14.8 Å². The Balaban J connectivity index is 1.36. The number of aromatic nitrogens is 4. The number of imidazole rings is 1. The molecule has 3 aromatic rings. The number of anilines is 1. The van der Waals surface area contributed by atoms with Crippen LogP contribution in [0.5, 0.6) is 11.5 Å². The minimum absolute atomic E-state index is 0.0282. The summed E-state index contributed by atoms with van der Waals surface area (Å²) in [4.78, 5) is 13.2. The number of nitrogens with zero attached hydrogens (tertiary/aromatic N) is 4. The number of hydrogen-bond donors (Lipinski definition) is 2. The summed E-state index contributed by atoms with van der Waals surface area (Å²) in [6.45, 7) is 0.860. The number of rotatable bonds is 5. The van der Waals surface area contributed by atoms with Gasteiger partial charge in [0.1, 0.15) is 12.6 Å². The van der Waals surface area contributed by atoms with Crippen LogP contribution in [0.2, 0.25) is 0 Å². The molecule has 140 valence electrons. The van der Waals surface area contributed by atoms with E-state index in [9.17, 15) is 5.11 Å². The summed E-state index contributed by atoms with van der Waals surface area (Å²) in [5.41, 5.74) is 2.45. The Kier molecular flexibility index (Phi) is 4.02. The maximum atomic E-state index is 9.27. The zero-order valence-electron chi connectivity index (χ0n) is 14.5. The van der Waals surface area contributed by atoms with Gasteiger partial charge in [0.2, 0.25) is 6.79 Å². The van der Waals surface area contributed by atoms with Gasteiger partial charge >= 0.3 is 0 Å². The number of nitrogens with one attached hydrogen (secondary N) is 1. The van der Waals surface area contributed by atoms with Crippen molar-refractivity contribution in [3.63, 3.8) is 0 Å². The summed E-state index contributed by atoms with van der Waals surface area (Å²) in [6.07, 6.45) is 4.58. The van der Waals surface area contributed by atoms with E-state index in [4.69, 9.17) is 14.2 Å². The zero-order valence-corrected chi connectivity index (χ0v) is 14.5. The predicted molar refractivity (Wildman–Crippen MR) is 95.4 cm³/mol. The molecular weight excluding hydrogens is 350 g/mol. The third kappa shape index (κ3) is 2.94. The quantitative estimate of drug-likeness (QED) is 0.702. The Morgan fingerprint density at radius 2 is 2.07 bits per heavy atom. The monoisotopic (exact) mass is 369 g/mol. The van der Waals surface area contributed by atoms with Crippen molar-refractivity contribution in [3.05, 3.63) is 36.4 Å². The van der Waals surface area contributed by atoms with Crippen molar-refractivity contribution >= 4 is 17.0 Å². The largest absolute Gasteiger partial charge is 0.454 e. The lowest BCUT2D eigenvalue weighted by Crippen LogP contribution is -2.14. The van der Waals surface area contributed by atoms with Gasteiger partial charge in [-0.1, -0.05) is 6.07 Å². The highest BCUT2D eigenvalue weighted by atomic mass is 16.7. The van der Waals surface area contributed by atoms with Crippen LogP contribution in [0.25, 0.3) is 11.2 Å². The molecule has 1 aromatic carbocycles. The first-order valence-corrected chi connectivity index (χ1v) is 8.88. The molecule has 2 atom stereocenters. The van der Waals surface area contributed by atoms with Gasteiger partial charge in [0.05, 0.1) is 19.0 Å². The maximum Gasteiger partial charge on any atom is 0.231 e. The van der Waals surface area contributed by atoms with Gasteiger partial charge in [0.25, 0.3) is 0 Å². The molecule has 2 aliphatic rings. The van der Waals surface area contributed by atoms with E-state index in [1.54, 1.807) is 6.33 Å². The van der Waals surface area contributed by atoms with E-state index in [0.717, 1.165) is 29.9 Å². The van der Waals surface area contributed by atoms with E-state index in [0.29, 0.717) is 23.5 Å². The number of hydrogen-bond acceptors (Lipinski definition) is 8. The minimum Gasteiger partial charge on any atom is -0.454 e. The van der Waals surface area contributed by atoms with Crippen LogP contribution in [0.4, 0.5) is 5.82 Å². The highest BCUT2D eigenvalue weighted by molar-refractivity contribution is 5.82. The molecule has 0 bridgehead atoms. The fourth-order valence-electron chi connectivity index (χ4n) is 3.45. The summed E-state index contributed by atoms with van der Waals surface area (Å²) < 4.78 is 18.5. The zero-order chi connectivity index (χ0) is 18.2. The van der Waals surface area contributed by atoms with Gasteiger partial charge in [0.15, 0.2) is 28.5 Å². The van der Waals surface area contributed by atoms with Crippen LogP contribution in [0.15, 0.2) is 30.9 Å². The first kappa shape index (κ1) is 16.3. The van der Waals surface area contributed by atoms with Crippen LogP contribution in [0.3, 0.4) is 0 Å². The van der Waals surface area contributed by atoms with Gasteiger partial charge in [-0.2, -0.15) is 0 Å². The molecule has 0 aliphatic carbocycles. The minimum atomic E-state index is -0.163. The summed E-state index contributed by atoms with van der Waals surface area (Å²) in [5, 5.41) is 12.6. The Morgan fingerprint density at radius 1 is 1.15 bits per heavy atom. The van der Waals surface area contributed by atoms with Crippen LogP contribution in [-0.4, -0.2) is 44.1 Å². The molecule has 1 saturated heterocycles. The molecule has 2 aromatic heterocycles. The number of aliphatic hydroxyl groups excluding tert-OH is 1. The lowest BCUT2D eigenvalue weighted by atomic mass is 10.2. The molecule has 0 spiro atoms. The van der Waals surface area contributed by atoms with Crippen molar-refractivity contribution in [2.24, 2.45) is 0 Å². The Labute approximate surface area is 154 Å². The van der Waals surface area contributed by atoms with Crippen LogP contribution in [0.1, 0.15) is 24.6 Å². The SMILES string of the molecule is OCC1CC[C@H](n2cnc3c(NCc4ccc5c(c4)OCO5)ncnc32)O1. The molecule has 0 amide bonds. The van der Waals surface area contributed by atoms with E-state index in [1.807, 2.05) is 22.8 Å². The molecule has 27 heavy (non-hydrogen) atoms. The topological polar surface area (TPSA) is 104 Å². The first-order valence-electron chi connectivity index (χ1n) is 8.88. The molecule has 1 fully saturated rings. The summed E-state index contributed by atoms with van der Waals surface area (Å²) in [7, 11) is 0. The van der Waals surface area contributed by atoms with Gasteiger partial charge in [-0.15, -0.1) is 0 Å². The van der Waals surface area contributed by atoms with Crippen molar-refractivity contribution < 1.29 is 19.3 Å². The van der Waals surface area contributed by atoms with Gasteiger partial charge < -0.3 is 24.6 Å². The molecule has 5 rings (SSSR count).